The van der Waals surface area contributed by atoms with Crippen molar-refractivity contribution < 1.29 is 51.0 Å². The van der Waals surface area contributed by atoms with E-state index in [9.17, 15) is 51.3 Å². The third-order valence-electron chi connectivity index (χ3n) is 8.89. The van der Waals surface area contributed by atoms with Gasteiger partial charge in [-0.15, -0.1) is 0 Å². The number of nitrogens with one attached hydrogen (secondary N) is 5. The molecule has 0 spiro atoms. The summed E-state index contributed by atoms with van der Waals surface area (Å²) in [5.41, 5.74) is 6.16. The number of carbonyl (C=O) groups is 3. The first-order valence-electron chi connectivity index (χ1n) is 18.1. The second-order valence-electron chi connectivity index (χ2n) is 13.7. The number of hydrogen-bond acceptors (Lipinski definition) is 20. The van der Waals surface area contributed by atoms with Gasteiger partial charge in [0.15, 0.2) is 28.4 Å². The molecule has 22 nitrogen and oxygen atoms in total. The topological polar surface area (TPSA) is 334 Å². The Morgan fingerprint density at radius 1 is 0.635 bits per heavy atom. The van der Waals surface area contributed by atoms with Crippen molar-refractivity contribution in [2.75, 3.05) is 20.3 Å². The first-order valence-corrected chi connectivity index (χ1v) is 21.0. The lowest BCUT2D eigenvalue weighted by atomic mass is 9.99. The normalized spacial score (nSPS) is 14.8. The van der Waals surface area contributed by atoms with Crippen molar-refractivity contribution in [3.8, 4) is 5.75 Å². The highest BCUT2D eigenvalue weighted by Gasteiger charge is 2.33. The summed E-state index contributed by atoms with van der Waals surface area (Å²) in [6.07, 6.45) is 1.41. The number of hydrazone groups is 1. The number of carbonyl (C=O) groups excluding carboxylic acids is 3. The number of rotatable bonds is 12. The third kappa shape index (κ3) is 8.82. The molecule has 7 rings (SSSR count). The Balaban J connectivity index is 1.22. The summed E-state index contributed by atoms with van der Waals surface area (Å²) in [6, 6.07) is 13.3. The number of hydrazine groups is 1. The minimum absolute atomic E-state index is 0.0945. The Labute approximate surface area is 355 Å². The van der Waals surface area contributed by atoms with Crippen LogP contribution in [0.3, 0.4) is 0 Å². The second-order valence-corrected chi connectivity index (χ2v) is 17.1. The Kier molecular flexibility index (Phi) is 11.1. The largest absolute Gasteiger partial charge is 0.505 e. The number of ketones is 3. The molecule has 0 bridgehead atoms. The molecule has 24 heteroatoms. The van der Waals surface area contributed by atoms with Gasteiger partial charge in [0, 0.05) is 34.4 Å². The molecule has 0 aliphatic heterocycles. The first kappa shape index (κ1) is 42.9. The Morgan fingerprint density at radius 3 is 1.62 bits per heavy atom. The van der Waals surface area contributed by atoms with E-state index in [2.05, 4.69) is 50.8 Å². The minimum atomic E-state index is -4.17. The van der Waals surface area contributed by atoms with Crippen molar-refractivity contribution in [2.24, 2.45) is 5.10 Å². The number of anilines is 4. The summed E-state index contributed by atoms with van der Waals surface area (Å²) < 4.78 is 62.6. The zero-order valence-electron chi connectivity index (χ0n) is 33.0. The predicted molar refractivity (Wildman–Crippen MR) is 224 cm³/mol. The molecule has 63 heavy (non-hydrogen) atoms. The quantitative estimate of drug-likeness (QED) is 0.0495. The molecular weight excluding hydrogens is 865 g/mol. The van der Waals surface area contributed by atoms with Gasteiger partial charge in [-0.3, -0.25) is 30.0 Å². The number of aryl methyl sites for hydroxylation is 4. The molecule has 2 aromatic carbocycles. The second kappa shape index (κ2) is 16.3. The van der Waals surface area contributed by atoms with E-state index in [1.807, 2.05) is 0 Å². The number of aliphatic hydroxyl groups is 2. The number of Topliss-reactive ketones (excluding diaryl/α,β-unsaturated/α-hetero) is 2. The third-order valence-corrected chi connectivity index (χ3v) is 11.6. The highest BCUT2D eigenvalue weighted by Crippen LogP contribution is 2.26. The summed E-state index contributed by atoms with van der Waals surface area (Å²) in [6.45, 7) is 6.68. The molecule has 8 N–H and O–H groups in total. The van der Waals surface area contributed by atoms with E-state index in [-0.39, 0.29) is 33.1 Å². The summed E-state index contributed by atoms with van der Waals surface area (Å²) in [5, 5.41) is 35.5. The summed E-state index contributed by atoms with van der Waals surface area (Å²) in [4.78, 5) is 67.9. The van der Waals surface area contributed by atoms with E-state index in [1.54, 1.807) is 39.8 Å². The molecule has 0 amide bonds. The van der Waals surface area contributed by atoms with E-state index in [4.69, 9.17) is 4.42 Å². The van der Waals surface area contributed by atoms with Gasteiger partial charge in [-0.2, -0.15) is 5.10 Å². The van der Waals surface area contributed by atoms with E-state index in [0.717, 1.165) is 6.08 Å². The lowest BCUT2D eigenvalue weighted by Crippen LogP contribution is -2.52. The van der Waals surface area contributed by atoms with Crippen molar-refractivity contribution in [1.82, 2.24) is 25.4 Å². The van der Waals surface area contributed by atoms with E-state index < -0.39 is 93.5 Å². The van der Waals surface area contributed by atoms with Gasteiger partial charge in [-0.1, -0.05) is 0 Å². The molecule has 2 aliphatic rings. The van der Waals surface area contributed by atoms with E-state index >= 15 is 0 Å². The number of nitrogens with zero attached hydrogens (tertiary/aromatic N) is 5. The van der Waals surface area contributed by atoms with Crippen LogP contribution in [0.1, 0.15) is 28.5 Å². The van der Waals surface area contributed by atoms with Gasteiger partial charge in [0.25, 0.3) is 25.8 Å². The highest BCUT2D eigenvalue weighted by molar-refractivity contribution is 7.93. The zero-order valence-corrected chi connectivity index (χ0v) is 34.6. The van der Waals surface area contributed by atoms with Crippen LogP contribution in [0.2, 0.25) is 0 Å². The van der Waals surface area contributed by atoms with Crippen LogP contribution in [0, 0.1) is 27.7 Å². The van der Waals surface area contributed by atoms with Gasteiger partial charge in [-0.05, 0) is 94.4 Å². The van der Waals surface area contributed by atoms with Crippen molar-refractivity contribution >= 4 is 83.4 Å². The van der Waals surface area contributed by atoms with Gasteiger partial charge in [0.2, 0.25) is 34.6 Å². The van der Waals surface area contributed by atoms with Crippen molar-refractivity contribution in [3.63, 3.8) is 0 Å². The SMILES string of the molecule is Cc1cc(C)nc(NS(=O)(=O)c2ccc(N/N=C3\C(=O)C(NNc4ccc(S(=O)(=O)Nc5nc(C)cc(C)n5)cc4)=c4oc(C5=CC(=O)C(=O)C(O)=C5)c(O)c(=O)c4=C3O)cc2)n1. The van der Waals surface area contributed by atoms with Crippen LogP contribution in [0.25, 0.3) is 17.0 Å². The smallest absolute Gasteiger partial charge is 0.267 e. The average Bonchev–Trinajstić information content (AvgIpc) is 3.20. The Morgan fingerprint density at radius 2 is 1.13 bits per heavy atom. The van der Waals surface area contributed by atoms with E-state index in [0.29, 0.717) is 28.9 Å². The number of aromatic nitrogens is 4. The molecule has 322 valence electrons. The van der Waals surface area contributed by atoms with Crippen LogP contribution in [-0.4, -0.2) is 75.2 Å². The van der Waals surface area contributed by atoms with Crippen LogP contribution in [-0.2, 0) is 34.4 Å². The number of aliphatic hydroxyl groups excluding tert-OH is 2. The molecule has 0 saturated carbocycles. The molecule has 0 fully saturated rings. The van der Waals surface area contributed by atoms with Gasteiger partial charge >= 0.3 is 0 Å². The molecule has 3 aromatic heterocycles. The number of aromatic hydroxyl groups is 1. The molecule has 0 saturated heterocycles. The van der Waals surface area contributed by atoms with Gasteiger partial charge in [0.05, 0.1) is 21.2 Å². The monoisotopic (exact) mass is 896 g/mol. The number of sulfonamides is 2. The van der Waals surface area contributed by atoms with Crippen molar-refractivity contribution in [1.29, 1.82) is 0 Å². The number of hydrogen-bond donors (Lipinski definition) is 8. The lowest BCUT2D eigenvalue weighted by molar-refractivity contribution is -0.133. The van der Waals surface area contributed by atoms with E-state index in [1.165, 1.54) is 48.5 Å². The van der Waals surface area contributed by atoms with Gasteiger partial charge < -0.3 is 25.2 Å². The summed E-state index contributed by atoms with van der Waals surface area (Å²) in [7, 11) is -8.33. The standard InChI is InChI=1S/C39H32N10O12S2/c1-17-13-18(2)41-38(40-17)48-62(57,58)24-9-5-22(6-10-24)44-46-29-32(53)28-33(54)35(56)36(21-15-26(50)31(52)27(51)16-21)61-37(28)30(34(29)55)47-45-23-7-11-25(12-8-23)63(59,60)49-39-42-19(3)14-20(4)43-39/h5-16,44-45,47,50,53,56H,1-4H3,(H,40,41,48)(H,42,43,49)/b46-29-. The first-order chi connectivity index (χ1) is 29.7. The minimum Gasteiger partial charge on any atom is -0.505 e. The highest BCUT2D eigenvalue weighted by atomic mass is 32.2. The summed E-state index contributed by atoms with van der Waals surface area (Å²) >= 11 is 0. The van der Waals surface area contributed by atoms with Crippen molar-refractivity contribution in [2.45, 2.75) is 37.5 Å². The fourth-order valence-corrected chi connectivity index (χ4v) is 7.97. The van der Waals surface area contributed by atoms with Crippen LogP contribution < -0.4 is 41.8 Å². The molecule has 5 aromatic rings. The number of benzene rings is 2. The lowest BCUT2D eigenvalue weighted by Gasteiger charge is -2.18. The summed E-state index contributed by atoms with van der Waals surface area (Å²) in [5.74, 6) is -8.02. The van der Waals surface area contributed by atoms with Gasteiger partial charge in [-0.25, -0.2) is 46.2 Å². The number of allylic oxidation sites excluding steroid dienone is 4. The van der Waals surface area contributed by atoms with Crippen LogP contribution in [0.5, 0.6) is 5.75 Å². The average molecular weight is 897 g/mol. The molecule has 3 heterocycles. The number of fused-ring (bicyclic) bond motifs is 1. The fraction of sp³-hybridized carbons (Fsp3) is 0.103. The zero-order chi connectivity index (χ0) is 45.5. The molecular formula is C39H32N10O12S2. The van der Waals surface area contributed by atoms with Crippen LogP contribution in [0.15, 0.2) is 103 Å². The molecule has 0 atom stereocenters. The molecule has 0 unspecified atom stereocenters. The fourth-order valence-electron chi connectivity index (χ4n) is 6.08. The van der Waals surface area contributed by atoms with Crippen LogP contribution >= 0.6 is 0 Å². The van der Waals surface area contributed by atoms with Crippen LogP contribution in [0.4, 0.5) is 23.3 Å². The van der Waals surface area contributed by atoms with Crippen molar-refractivity contribution in [3.05, 3.63) is 128 Å². The molecule has 0 radical (unpaired) electrons. The Bertz CT molecular complexity index is 3290. The maximum Gasteiger partial charge on any atom is 0.267 e. The predicted octanol–water partition coefficient (Wildman–Crippen LogP) is 1.18. The Hall–Kier alpha value is -8.25. The maximum atomic E-state index is 14.1. The molecule has 2 aliphatic carbocycles. The van der Waals surface area contributed by atoms with Gasteiger partial charge in [0.1, 0.15) is 10.9 Å². The maximum absolute atomic E-state index is 14.1.